The molecule has 0 saturated carbocycles. The monoisotopic (exact) mass is 338 g/mol. The lowest BCUT2D eigenvalue weighted by Crippen LogP contribution is -2.13. The number of nitro groups is 1. The molecule has 0 aliphatic heterocycles. The standard InChI is InChI=1S/C12H11BrN4O3/c1-2-16-7-10(13)11(15-16)12(18)14-8-3-5-9(6-4-8)17(19)20/h3-7H,2H2,1H3,(H,14,18). The van der Waals surface area contributed by atoms with E-state index < -0.39 is 4.92 Å². The van der Waals surface area contributed by atoms with Crippen molar-refractivity contribution in [1.82, 2.24) is 9.78 Å². The number of benzene rings is 1. The highest BCUT2D eigenvalue weighted by Crippen LogP contribution is 2.19. The van der Waals surface area contributed by atoms with Crippen LogP contribution in [0.5, 0.6) is 0 Å². The highest BCUT2D eigenvalue weighted by molar-refractivity contribution is 9.10. The first-order valence-electron chi connectivity index (χ1n) is 5.80. The molecule has 1 heterocycles. The topological polar surface area (TPSA) is 90.1 Å². The molecule has 0 saturated heterocycles. The maximum atomic E-state index is 12.0. The number of hydrogen-bond acceptors (Lipinski definition) is 4. The van der Waals surface area contributed by atoms with E-state index in [1.807, 2.05) is 6.92 Å². The smallest absolute Gasteiger partial charge is 0.277 e. The zero-order valence-corrected chi connectivity index (χ0v) is 12.1. The van der Waals surface area contributed by atoms with Gasteiger partial charge < -0.3 is 5.32 Å². The Morgan fingerprint density at radius 1 is 1.45 bits per heavy atom. The molecule has 1 amide bonds. The predicted octanol–water partition coefficient (Wildman–Crippen LogP) is 2.83. The van der Waals surface area contributed by atoms with Gasteiger partial charge in [-0.3, -0.25) is 19.6 Å². The van der Waals surface area contributed by atoms with E-state index in [0.717, 1.165) is 0 Å². The third kappa shape index (κ3) is 3.02. The van der Waals surface area contributed by atoms with Crippen molar-refractivity contribution >= 4 is 33.2 Å². The number of nitrogens with one attached hydrogen (secondary N) is 1. The quantitative estimate of drug-likeness (QED) is 0.685. The molecule has 1 aromatic heterocycles. The van der Waals surface area contributed by atoms with Gasteiger partial charge in [-0.1, -0.05) is 0 Å². The van der Waals surface area contributed by atoms with E-state index >= 15 is 0 Å². The van der Waals surface area contributed by atoms with Gasteiger partial charge in [0.2, 0.25) is 0 Å². The van der Waals surface area contributed by atoms with Crippen LogP contribution in [0.25, 0.3) is 0 Å². The van der Waals surface area contributed by atoms with Gasteiger partial charge in [0.1, 0.15) is 0 Å². The third-order valence-electron chi connectivity index (χ3n) is 2.59. The van der Waals surface area contributed by atoms with Crippen molar-refractivity contribution in [2.45, 2.75) is 13.5 Å². The number of nitro benzene ring substituents is 1. The van der Waals surface area contributed by atoms with E-state index in [0.29, 0.717) is 16.7 Å². The Labute approximate surface area is 122 Å². The first kappa shape index (κ1) is 14.2. The molecular formula is C12H11BrN4O3. The molecule has 2 rings (SSSR count). The highest BCUT2D eigenvalue weighted by Gasteiger charge is 2.15. The molecule has 2 aromatic rings. The normalized spacial score (nSPS) is 10.3. The van der Waals surface area contributed by atoms with Crippen molar-refractivity contribution in [2.24, 2.45) is 0 Å². The Balaban J connectivity index is 2.14. The van der Waals surface area contributed by atoms with Crippen molar-refractivity contribution in [3.05, 3.63) is 50.7 Å². The van der Waals surface area contributed by atoms with E-state index in [9.17, 15) is 14.9 Å². The molecule has 0 spiro atoms. The Hall–Kier alpha value is -2.22. The van der Waals surface area contributed by atoms with Crippen LogP contribution < -0.4 is 5.32 Å². The van der Waals surface area contributed by atoms with Crippen molar-refractivity contribution in [3.8, 4) is 0 Å². The highest BCUT2D eigenvalue weighted by atomic mass is 79.9. The van der Waals surface area contributed by atoms with Crippen LogP contribution in [0.3, 0.4) is 0 Å². The lowest BCUT2D eigenvalue weighted by molar-refractivity contribution is -0.384. The third-order valence-corrected chi connectivity index (χ3v) is 3.17. The van der Waals surface area contributed by atoms with Crippen LogP contribution in [-0.4, -0.2) is 20.6 Å². The molecule has 0 aliphatic rings. The van der Waals surface area contributed by atoms with Crippen molar-refractivity contribution in [3.63, 3.8) is 0 Å². The van der Waals surface area contributed by atoms with Crippen LogP contribution in [0, 0.1) is 10.1 Å². The van der Waals surface area contributed by atoms with Gasteiger partial charge >= 0.3 is 0 Å². The van der Waals surface area contributed by atoms with Crippen LogP contribution in [-0.2, 0) is 6.54 Å². The van der Waals surface area contributed by atoms with Gasteiger partial charge in [0, 0.05) is 30.6 Å². The number of anilines is 1. The average molecular weight is 339 g/mol. The zero-order chi connectivity index (χ0) is 14.7. The summed E-state index contributed by atoms with van der Waals surface area (Å²) >= 11 is 3.27. The van der Waals surface area contributed by atoms with Crippen molar-refractivity contribution in [2.75, 3.05) is 5.32 Å². The van der Waals surface area contributed by atoms with Gasteiger partial charge in [-0.05, 0) is 35.0 Å². The number of hydrogen-bond donors (Lipinski definition) is 1. The minimum Gasteiger partial charge on any atom is -0.321 e. The summed E-state index contributed by atoms with van der Waals surface area (Å²) in [5.74, 6) is -0.377. The van der Waals surface area contributed by atoms with Gasteiger partial charge in [-0.15, -0.1) is 0 Å². The molecule has 0 atom stereocenters. The summed E-state index contributed by atoms with van der Waals surface area (Å²) < 4.78 is 2.23. The molecule has 8 heteroatoms. The summed E-state index contributed by atoms with van der Waals surface area (Å²) in [4.78, 5) is 22.1. The average Bonchev–Trinajstić information content (AvgIpc) is 2.80. The maximum Gasteiger partial charge on any atom is 0.277 e. The number of carbonyl (C=O) groups excluding carboxylic acids is 1. The molecule has 0 unspecified atom stereocenters. The summed E-state index contributed by atoms with van der Waals surface area (Å²) in [5, 5.41) is 17.3. The second-order valence-corrected chi connectivity index (χ2v) is 4.79. The summed E-state index contributed by atoms with van der Waals surface area (Å²) in [7, 11) is 0. The van der Waals surface area contributed by atoms with Gasteiger partial charge in [0.15, 0.2) is 5.69 Å². The SMILES string of the molecule is CCn1cc(Br)c(C(=O)Nc2ccc([N+](=O)[O-])cc2)n1. The van der Waals surface area contributed by atoms with Gasteiger partial charge in [0.05, 0.1) is 9.40 Å². The number of non-ortho nitro benzene ring substituents is 1. The molecule has 0 fully saturated rings. The number of nitrogens with zero attached hydrogens (tertiary/aromatic N) is 3. The summed E-state index contributed by atoms with van der Waals surface area (Å²) in [6, 6.07) is 5.60. The lowest BCUT2D eigenvalue weighted by Gasteiger charge is -2.03. The predicted molar refractivity (Wildman–Crippen MR) is 76.7 cm³/mol. The molecule has 0 bridgehead atoms. The van der Waals surface area contributed by atoms with Gasteiger partial charge in [-0.25, -0.2) is 0 Å². The van der Waals surface area contributed by atoms with Crippen LogP contribution in [0.4, 0.5) is 11.4 Å². The van der Waals surface area contributed by atoms with E-state index in [1.54, 1.807) is 10.9 Å². The first-order valence-corrected chi connectivity index (χ1v) is 6.59. The Morgan fingerprint density at radius 2 is 2.10 bits per heavy atom. The molecule has 104 valence electrons. The molecule has 1 aromatic carbocycles. The molecule has 1 N–H and O–H groups in total. The van der Waals surface area contributed by atoms with Crippen molar-refractivity contribution in [1.29, 1.82) is 0 Å². The second-order valence-electron chi connectivity index (χ2n) is 3.94. The molecule has 7 nitrogen and oxygen atoms in total. The van der Waals surface area contributed by atoms with Gasteiger partial charge in [-0.2, -0.15) is 5.10 Å². The van der Waals surface area contributed by atoms with E-state index in [-0.39, 0.29) is 17.3 Å². The first-order chi connectivity index (χ1) is 9.51. The summed E-state index contributed by atoms with van der Waals surface area (Å²) in [6.45, 7) is 2.57. The second kappa shape index (κ2) is 5.83. The fourth-order valence-electron chi connectivity index (χ4n) is 1.57. The lowest BCUT2D eigenvalue weighted by atomic mass is 10.3. The molecule has 0 aliphatic carbocycles. The van der Waals surface area contributed by atoms with E-state index in [1.165, 1.54) is 24.3 Å². The fraction of sp³-hybridized carbons (Fsp3) is 0.167. The molecule has 0 radical (unpaired) electrons. The summed E-state index contributed by atoms with van der Waals surface area (Å²) in [6.07, 6.45) is 1.71. The molecular weight excluding hydrogens is 328 g/mol. The number of aromatic nitrogens is 2. The van der Waals surface area contributed by atoms with Crippen LogP contribution in [0.15, 0.2) is 34.9 Å². The summed E-state index contributed by atoms with van der Waals surface area (Å²) in [5.41, 5.74) is 0.711. The number of amides is 1. The Bertz CT molecular complexity index is 651. The number of halogens is 1. The van der Waals surface area contributed by atoms with Gasteiger partial charge in [0.25, 0.3) is 11.6 Å². The van der Waals surface area contributed by atoms with Crippen LogP contribution in [0.2, 0.25) is 0 Å². The number of aryl methyl sites for hydroxylation is 1. The Morgan fingerprint density at radius 3 is 2.60 bits per heavy atom. The van der Waals surface area contributed by atoms with Crippen molar-refractivity contribution < 1.29 is 9.72 Å². The van der Waals surface area contributed by atoms with Crippen LogP contribution >= 0.6 is 15.9 Å². The largest absolute Gasteiger partial charge is 0.321 e. The number of carbonyl (C=O) groups is 1. The maximum absolute atomic E-state index is 12.0. The fourth-order valence-corrected chi connectivity index (χ4v) is 2.07. The van der Waals surface area contributed by atoms with E-state index in [2.05, 4.69) is 26.3 Å². The Kier molecular flexibility index (Phi) is 4.14. The zero-order valence-electron chi connectivity index (χ0n) is 10.5. The minimum absolute atomic E-state index is 0.0283. The van der Waals surface area contributed by atoms with Crippen LogP contribution in [0.1, 0.15) is 17.4 Å². The number of rotatable bonds is 4. The molecule has 20 heavy (non-hydrogen) atoms. The minimum atomic E-state index is -0.495. The van der Waals surface area contributed by atoms with E-state index in [4.69, 9.17) is 0 Å².